The van der Waals surface area contributed by atoms with Crippen LogP contribution in [0.5, 0.6) is 0 Å². The van der Waals surface area contributed by atoms with Crippen LogP contribution in [-0.4, -0.2) is 10.4 Å². The lowest BCUT2D eigenvalue weighted by atomic mass is 9.97. The number of hydrogen-bond donors (Lipinski definition) is 2. The Morgan fingerprint density at radius 1 is 0.464 bits per heavy atom. The van der Waals surface area contributed by atoms with Crippen molar-refractivity contribution in [3.63, 3.8) is 0 Å². The normalized spacial score (nSPS) is 15.7. The zero-order chi connectivity index (χ0) is 37.0. The number of amidine groups is 1. The zero-order valence-electron chi connectivity index (χ0n) is 30.4. The summed E-state index contributed by atoms with van der Waals surface area (Å²) in [5.74, 6) is 0.876. The van der Waals surface area contributed by atoms with Crippen LogP contribution in [0.15, 0.2) is 199 Å². The molecule has 0 bridgehead atoms. The maximum absolute atomic E-state index is 5.30. The summed E-state index contributed by atoms with van der Waals surface area (Å²) < 4.78 is 5.05. The number of aliphatic imine (C=N–C) groups is 1. The second-order valence-corrected chi connectivity index (χ2v) is 15.5. The van der Waals surface area contributed by atoms with Crippen molar-refractivity contribution in [3.8, 4) is 27.9 Å². The number of nitrogens with one attached hydrogen (secondary N) is 2. The average Bonchev–Trinajstić information content (AvgIpc) is 3.82. The van der Waals surface area contributed by atoms with E-state index in [1.54, 1.807) is 0 Å². The van der Waals surface area contributed by atoms with Crippen molar-refractivity contribution in [3.05, 3.63) is 211 Å². The molecule has 0 radical (unpaired) electrons. The monoisotopic (exact) mass is 736 g/mol. The molecular formula is C51H36N4S. The molecule has 0 aliphatic carbocycles. The van der Waals surface area contributed by atoms with Gasteiger partial charge in [0.25, 0.3) is 0 Å². The van der Waals surface area contributed by atoms with Crippen molar-refractivity contribution in [2.45, 2.75) is 12.3 Å². The first-order valence-corrected chi connectivity index (χ1v) is 19.9. The Hall–Kier alpha value is -6.79. The number of thiophene rings is 1. The summed E-state index contributed by atoms with van der Waals surface area (Å²) in [6.45, 7) is 0. The molecule has 4 nitrogen and oxygen atoms in total. The number of nitrogens with zero attached hydrogens (tertiary/aromatic N) is 2. The van der Waals surface area contributed by atoms with Gasteiger partial charge in [0.05, 0.1) is 11.0 Å². The highest BCUT2D eigenvalue weighted by atomic mass is 32.1. The lowest BCUT2D eigenvalue weighted by Gasteiger charge is -2.32. The van der Waals surface area contributed by atoms with E-state index >= 15 is 0 Å². The van der Waals surface area contributed by atoms with Crippen LogP contribution in [0.4, 0.5) is 0 Å². The Morgan fingerprint density at radius 2 is 1.12 bits per heavy atom. The first kappa shape index (κ1) is 32.6. The van der Waals surface area contributed by atoms with Crippen molar-refractivity contribution < 1.29 is 0 Å². The molecule has 5 heteroatoms. The summed E-state index contributed by atoms with van der Waals surface area (Å²) in [6, 6.07) is 69.9. The molecule has 10 aromatic rings. The van der Waals surface area contributed by atoms with E-state index in [1.807, 2.05) is 17.4 Å². The molecule has 266 valence electrons. The van der Waals surface area contributed by atoms with E-state index in [2.05, 4.69) is 203 Å². The van der Waals surface area contributed by atoms with E-state index < -0.39 is 0 Å². The fourth-order valence-corrected chi connectivity index (χ4v) is 9.60. The molecule has 56 heavy (non-hydrogen) atoms. The van der Waals surface area contributed by atoms with Crippen LogP contribution in [0, 0.1) is 0 Å². The molecule has 2 unspecified atom stereocenters. The van der Waals surface area contributed by atoms with E-state index in [1.165, 1.54) is 58.7 Å². The summed E-state index contributed by atoms with van der Waals surface area (Å²) in [4.78, 5) is 5.30. The molecule has 0 saturated heterocycles. The number of fused-ring (bicyclic) bond motifs is 6. The van der Waals surface area contributed by atoms with Crippen molar-refractivity contribution in [1.82, 2.24) is 15.2 Å². The van der Waals surface area contributed by atoms with Gasteiger partial charge in [0.2, 0.25) is 0 Å². The molecule has 0 amide bonds. The van der Waals surface area contributed by atoms with Crippen LogP contribution in [0.2, 0.25) is 0 Å². The Bertz CT molecular complexity index is 3090. The van der Waals surface area contributed by atoms with Crippen LogP contribution in [-0.2, 0) is 0 Å². The predicted octanol–water partition coefficient (Wildman–Crippen LogP) is 12.8. The third-order valence-electron chi connectivity index (χ3n) is 11.1. The average molecular weight is 737 g/mol. The molecule has 3 heterocycles. The number of hydrogen-bond acceptors (Lipinski definition) is 4. The van der Waals surface area contributed by atoms with Gasteiger partial charge in [-0.3, -0.25) is 5.32 Å². The van der Waals surface area contributed by atoms with Gasteiger partial charge in [-0.15, -0.1) is 11.3 Å². The third kappa shape index (κ3) is 5.60. The Kier molecular flexibility index (Phi) is 7.87. The molecule has 0 spiro atoms. The van der Waals surface area contributed by atoms with Crippen LogP contribution in [0.25, 0.3) is 69.9 Å². The van der Waals surface area contributed by atoms with Crippen LogP contribution in [0.1, 0.15) is 29.0 Å². The molecule has 2 N–H and O–H groups in total. The third-order valence-corrected chi connectivity index (χ3v) is 12.3. The SMILES string of the molecule is c1ccc(C2=NC(c3ccc4c5ccccc5n(-c5cc(-c6cccc(-c7ccccc7)c6)c6sc7ccccc7c6c5)c4c3)NC(c3ccccc3)N2)cc1. The molecule has 8 aromatic carbocycles. The number of para-hydroxylation sites is 1. The summed E-state index contributed by atoms with van der Waals surface area (Å²) in [5, 5.41) is 12.5. The van der Waals surface area contributed by atoms with E-state index in [0.29, 0.717) is 0 Å². The topological polar surface area (TPSA) is 41.4 Å². The number of rotatable bonds is 6. The van der Waals surface area contributed by atoms with Crippen LogP contribution in [0.3, 0.4) is 0 Å². The summed E-state index contributed by atoms with van der Waals surface area (Å²) in [7, 11) is 0. The Morgan fingerprint density at radius 3 is 1.95 bits per heavy atom. The quantitative estimate of drug-likeness (QED) is 0.178. The first-order chi connectivity index (χ1) is 27.7. The van der Waals surface area contributed by atoms with Gasteiger partial charge in [-0.05, 0) is 64.2 Å². The fourth-order valence-electron chi connectivity index (χ4n) is 8.38. The van der Waals surface area contributed by atoms with Gasteiger partial charge in [0.15, 0.2) is 0 Å². The first-order valence-electron chi connectivity index (χ1n) is 19.1. The minimum atomic E-state index is -0.271. The van der Waals surface area contributed by atoms with Gasteiger partial charge in [-0.25, -0.2) is 4.99 Å². The standard InChI is InChI=1S/C51H36N4S/c1-4-15-33(16-5-1)36-21-14-22-37(29-36)43-31-39(32-44-42-24-11-13-26-47(42)56-48(43)44)55-45-25-12-10-23-40(45)41-28-27-38(30-46(41)55)51-53-49(34-17-6-2-7-18-34)52-50(54-51)35-19-8-3-9-20-35/h1-32,49,51,53H,(H,52,54). The zero-order valence-corrected chi connectivity index (χ0v) is 31.2. The van der Waals surface area contributed by atoms with Crippen molar-refractivity contribution in [2.75, 3.05) is 0 Å². The maximum atomic E-state index is 5.30. The van der Waals surface area contributed by atoms with E-state index in [-0.39, 0.29) is 12.3 Å². The molecule has 0 saturated carbocycles. The highest BCUT2D eigenvalue weighted by Crippen LogP contribution is 2.44. The minimum absolute atomic E-state index is 0.112. The lowest BCUT2D eigenvalue weighted by Crippen LogP contribution is -2.44. The summed E-state index contributed by atoms with van der Waals surface area (Å²) in [5.41, 5.74) is 11.7. The van der Waals surface area contributed by atoms with Crippen molar-refractivity contribution >= 4 is 59.2 Å². The molecule has 11 rings (SSSR count). The fraction of sp³-hybridized carbons (Fsp3) is 0.0392. The summed E-state index contributed by atoms with van der Waals surface area (Å²) >= 11 is 1.88. The van der Waals surface area contributed by atoms with Gasteiger partial charge >= 0.3 is 0 Å². The van der Waals surface area contributed by atoms with Gasteiger partial charge in [-0.2, -0.15) is 0 Å². The van der Waals surface area contributed by atoms with Gasteiger partial charge in [-0.1, -0.05) is 158 Å². The molecule has 1 aliphatic rings. The van der Waals surface area contributed by atoms with Crippen LogP contribution < -0.4 is 10.6 Å². The molecule has 0 fully saturated rings. The predicted molar refractivity (Wildman–Crippen MR) is 236 cm³/mol. The van der Waals surface area contributed by atoms with E-state index in [4.69, 9.17) is 4.99 Å². The maximum Gasteiger partial charge on any atom is 0.131 e. The summed E-state index contributed by atoms with van der Waals surface area (Å²) in [6.07, 6.45) is -0.383. The molecule has 2 aromatic heterocycles. The van der Waals surface area contributed by atoms with Gasteiger partial charge in [0.1, 0.15) is 18.2 Å². The lowest BCUT2D eigenvalue weighted by molar-refractivity contribution is 0.409. The number of aromatic nitrogens is 1. The van der Waals surface area contributed by atoms with Crippen molar-refractivity contribution in [2.24, 2.45) is 4.99 Å². The van der Waals surface area contributed by atoms with Crippen molar-refractivity contribution in [1.29, 1.82) is 0 Å². The smallest absolute Gasteiger partial charge is 0.131 e. The minimum Gasteiger partial charge on any atom is -0.350 e. The molecule has 1 aliphatic heterocycles. The van der Waals surface area contributed by atoms with E-state index in [9.17, 15) is 0 Å². The van der Waals surface area contributed by atoms with Gasteiger partial charge in [0, 0.05) is 47.8 Å². The Balaban J connectivity index is 1.13. The molecule has 2 atom stereocenters. The van der Waals surface area contributed by atoms with Crippen LogP contribution >= 0.6 is 11.3 Å². The van der Waals surface area contributed by atoms with E-state index in [0.717, 1.165) is 33.7 Å². The largest absolute Gasteiger partial charge is 0.350 e. The highest BCUT2D eigenvalue weighted by molar-refractivity contribution is 7.26. The second kappa shape index (κ2) is 13.5. The molecular weight excluding hydrogens is 701 g/mol. The van der Waals surface area contributed by atoms with Gasteiger partial charge < -0.3 is 9.88 Å². The second-order valence-electron chi connectivity index (χ2n) is 14.4. The highest BCUT2D eigenvalue weighted by Gasteiger charge is 2.26. The number of benzene rings is 8. The Labute approximate surface area is 329 Å².